The van der Waals surface area contributed by atoms with Gasteiger partial charge in [0, 0.05) is 104 Å². The van der Waals surface area contributed by atoms with Crippen molar-refractivity contribution in [2.75, 3.05) is 32.8 Å². The van der Waals surface area contributed by atoms with Gasteiger partial charge >= 0.3 is 5.97 Å². The number of H-pyrrole nitrogens is 1. The molecule has 0 radical (unpaired) electrons. The Morgan fingerprint density at radius 3 is 2.38 bits per heavy atom. The number of pyridine rings is 2. The number of nitrogens with zero attached hydrogens (tertiary/aromatic N) is 4. The lowest BCUT2D eigenvalue weighted by molar-refractivity contribution is -0.141. The highest BCUT2D eigenvalue weighted by Crippen LogP contribution is 2.36. The molecule has 4 heterocycles. The zero-order chi connectivity index (χ0) is 32.9. The number of hydrogen-bond donors (Lipinski definition) is 2. The van der Waals surface area contributed by atoms with Gasteiger partial charge in [0.25, 0.3) is 0 Å². The average molecular weight is 640 g/mol. The molecule has 1 fully saturated rings. The van der Waals surface area contributed by atoms with E-state index in [1.807, 2.05) is 36.9 Å². The third-order valence-corrected chi connectivity index (χ3v) is 9.10. The normalized spacial score (nSPS) is 13.6. The van der Waals surface area contributed by atoms with Crippen molar-refractivity contribution in [3.05, 3.63) is 115 Å². The van der Waals surface area contributed by atoms with Crippen LogP contribution >= 0.6 is 0 Å². The van der Waals surface area contributed by atoms with Crippen LogP contribution in [0.3, 0.4) is 0 Å². The monoisotopic (exact) mass is 639 g/mol. The van der Waals surface area contributed by atoms with Crippen LogP contribution in [0.15, 0.2) is 104 Å². The highest BCUT2D eigenvalue weighted by molar-refractivity contribution is 5.97. The molecule has 1 aliphatic heterocycles. The number of fused-ring (bicyclic) bond motifs is 2. The largest absolute Gasteiger partial charge is 0.493 e. The number of carbonyl (C=O) groups excluding carboxylic acids is 1. The van der Waals surface area contributed by atoms with E-state index in [1.54, 1.807) is 11.1 Å². The number of benzene rings is 3. The first kappa shape index (κ1) is 31.1. The maximum Gasteiger partial charge on any atom is 0.303 e. The van der Waals surface area contributed by atoms with Crippen LogP contribution in [0.25, 0.3) is 43.9 Å². The summed E-state index contributed by atoms with van der Waals surface area (Å²) in [6.07, 6.45) is 10.1. The molecule has 3 aromatic heterocycles. The van der Waals surface area contributed by atoms with Gasteiger partial charge in [-0.2, -0.15) is 0 Å². The number of rotatable bonds is 11. The molecule has 0 saturated carbocycles. The summed E-state index contributed by atoms with van der Waals surface area (Å²) in [5.41, 5.74) is 7.73. The van der Waals surface area contributed by atoms with Crippen molar-refractivity contribution in [3.63, 3.8) is 0 Å². The number of aromatic nitrogens is 3. The molecule has 0 unspecified atom stereocenters. The van der Waals surface area contributed by atoms with Crippen molar-refractivity contribution in [1.82, 2.24) is 24.8 Å². The fraction of sp³-hybridized carbons (Fsp3) is 0.231. The third kappa shape index (κ3) is 6.91. The molecule has 1 aliphatic rings. The molecule has 3 aromatic carbocycles. The number of amides is 1. The lowest BCUT2D eigenvalue weighted by Gasteiger charge is -2.34. The summed E-state index contributed by atoms with van der Waals surface area (Å²) in [7, 11) is 0. The van der Waals surface area contributed by atoms with E-state index in [4.69, 9.17) is 9.84 Å². The molecule has 2 N–H and O–H groups in total. The SMILES string of the molecule is O=C(O)CCC(=O)N1CCN(Cc2ccc(-c3c[nH]c4ccncc34)c(OCCc3ccc(-c4cccc5ccncc45)cc3)c2)CC1. The summed E-state index contributed by atoms with van der Waals surface area (Å²) in [5, 5.41) is 12.3. The van der Waals surface area contributed by atoms with E-state index in [-0.39, 0.29) is 18.7 Å². The summed E-state index contributed by atoms with van der Waals surface area (Å²) in [6, 6.07) is 25.4. The second-order valence-electron chi connectivity index (χ2n) is 12.2. The van der Waals surface area contributed by atoms with Crippen LogP contribution in [0, 0.1) is 0 Å². The fourth-order valence-corrected chi connectivity index (χ4v) is 6.47. The van der Waals surface area contributed by atoms with Gasteiger partial charge in [0.2, 0.25) is 5.91 Å². The summed E-state index contributed by atoms with van der Waals surface area (Å²) >= 11 is 0. The van der Waals surface area contributed by atoms with Gasteiger partial charge in [0.1, 0.15) is 5.75 Å². The molecular formula is C39H37N5O4. The Labute approximate surface area is 278 Å². The van der Waals surface area contributed by atoms with Crippen LogP contribution in [0.5, 0.6) is 5.75 Å². The summed E-state index contributed by atoms with van der Waals surface area (Å²) in [5.74, 6) is -0.217. The number of piperazine rings is 1. The molecule has 1 amide bonds. The van der Waals surface area contributed by atoms with Gasteiger partial charge in [0.05, 0.1) is 13.0 Å². The Morgan fingerprint density at radius 1 is 0.792 bits per heavy atom. The number of aromatic amines is 1. The Bertz CT molecular complexity index is 2060. The van der Waals surface area contributed by atoms with Gasteiger partial charge < -0.3 is 19.7 Å². The van der Waals surface area contributed by atoms with Crippen LogP contribution in [0.1, 0.15) is 24.0 Å². The molecule has 9 nitrogen and oxygen atoms in total. The van der Waals surface area contributed by atoms with Crippen LogP contribution in [-0.2, 0) is 22.6 Å². The predicted octanol–water partition coefficient (Wildman–Crippen LogP) is 6.58. The van der Waals surface area contributed by atoms with E-state index in [9.17, 15) is 9.59 Å². The lowest BCUT2D eigenvalue weighted by Crippen LogP contribution is -2.48. The minimum atomic E-state index is -0.944. The zero-order valence-electron chi connectivity index (χ0n) is 26.6. The Kier molecular flexibility index (Phi) is 9.11. The molecule has 7 rings (SSSR count). The highest BCUT2D eigenvalue weighted by Gasteiger charge is 2.22. The number of carboxylic acid groups (broad SMARTS) is 1. The van der Waals surface area contributed by atoms with E-state index >= 15 is 0 Å². The van der Waals surface area contributed by atoms with E-state index in [1.165, 1.54) is 16.5 Å². The molecule has 6 aromatic rings. The van der Waals surface area contributed by atoms with Crippen LogP contribution in [0.2, 0.25) is 0 Å². The summed E-state index contributed by atoms with van der Waals surface area (Å²) in [6.45, 7) is 3.91. The molecule has 0 bridgehead atoms. The number of ether oxygens (including phenoxy) is 1. The first-order chi connectivity index (χ1) is 23.5. The van der Waals surface area contributed by atoms with Gasteiger partial charge in [0.15, 0.2) is 0 Å². The van der Waals surface area contributed by atoms with Gasteiger partial charge in [-0.15, -0.1) is 0 Å². The van der Waals surface area contributed by atoms with Gasteiger partial charge in [-0.3, -0.25) is 24.5 Å². The molecule has 1 saturated heterocycles. The lowest BCUT2D eigenvalue weighted by atomic mass is 9.98. The standard InChI is InChI=1S/C39H37N5O4/c45-38(10-11-39(46)47)44-19-17-43(18-20-44)26-28-6-9-32(34-25-42-36-13-16-41-24-35(34)36)37(22-28)48-21-14-27-4-7-30(8-5-27)31-3-1-2-29-12-15-40-23-33(29)31/h1-9,12-13,15-16,22-25,42H,10-11,14,17-21,26H2,(H,46,47). The quantitative estimate of drug-likeness (QED) is 0.165. The number of carbonyl (C=O) groups is 2. The van der Waals surface area contributed by atoms with Gasteiger partial charge in [-0.25, -0.2) is 0 Å². The highest BCUT2D eigenvalue weighted by atomic mass is 16.5. The van der Waals surface area contributed by atoms with Crippen LogP contribution < -0.4 is 4.74 Å². The van der Waals surface area contributed by atoms with E-state index in [0.29, 0.717) is 19.7 Å². The zero-order valence-corrected chi connectivity index (χ0v) is 26.6. The van der Waals surface area contributed by atoms with Gasteiger partial charge in [-0.05, 0) is 45.8 Å². The Balaban J connectivity index is 1.05. The minimum Gasteiger partial charge on any atom is -0.493 e. The van der Waals surface area contributed by atoms with E-state index in [0.717, 1.165) is 70.3 Å². The fourth-order valence-electron chi connectivity index (χ4n) is 6.47. The average Bonchev–Trinajstić information content (AvgIpc) is 3.55. The van der Waals surface area contributed by atoms with E-state index in [2.05, 4.69) is 80.5 Å². The van der Waals surface area contributed by atoms with E-state index < -0.39 is 5.97 Å². The van der Waals surface area contributed by atoms with Crippen molar-refractivity contribution < 1.29 is 19.4 Å². The van der Waals surface area contributed by atoms with Crippen LogP contribution in [0.4, 0.5) is 0 Å². The summed E-state index contributed by atoms with van der Waals surface area (Å²) in [4.78, 5) is 39.4. The number of carboxylic acids is 1. The topological polar surface area (TPSA) is 112 Å². The van der Waals surface area contributed by atoms with Gasteiger partial charge in [-0.1, -0.05) is 54.6 Å². The maximum atomic E-state index is 12.4. The number of aliphatic carboxylic acids is 1. The van der Waals surface area contributed by atoms with Crippen molar-refractivity contribution in [1.29, 1.82) is 0 Å². The number of hydrogen-bond acceptors (Lipinski definition) is 6. The van der Waals surface area contributed by atoms with Crippen molar-refractivity contribution >= 4 is 33.6 Å². The molecule has 0 atom stereocenters. The molecule has 0 spiro atoms. The Morgan fingerprint density at radius 2 is 1.56 bits per heavy atom. The summed E-state index contributed by atoms with van der Waals surface area (Å²) < 4.78 is 6.55. The molecule has 9 heteroatoms. The van der Waals surface area contributed by atoms with Crippen LogP contribution in [-0.4, -0.2) is 74.5 Å². The predicted molar refractivity (Wildman–Crippen MR) is 187 cm³/mol. The first-order valence-corrected chi connectivity index (χ1v) is 16.3. The molecule has 48 heavy (non-hydrogen) atoms. The number of nitrogens with one attached hydrogen (secondary N) is 1. The van der Waals surface area contributed by atoms with Crippen molar-refractivity contribution in [2.45, 2.75) is 25.8 Å². The second-order valence-corrected chi connectivity index (χ2v) is 12.2. The Hall–Kier alpha value is -5.54. The minimum absolute atomic E-state index is 0.0485. The smallest absolute Gasteiger partial charge is 0.303 e. The second kappa shape index (κ2) is 14.1. The molecule has 242 valence electrons. The molecule has 0 aliphatic carbocycles. The van der Waals surface area contributed by atoms with Crippen molar-refractivity contribution in [2.24, 2.45) is 0 Å². The molecular weight excluding hydrogens is 602 g/mol. The maximum absolute atomic E-state index is 12.4. The third-order valence-electron chi connectivity index (χ3n) is 9.10. The first-order valence-electron chi connectivity index (χ1n) is 16.3. The van der Waals surface area contributed by atoms with Crippen molar-refractivity contribution in [3.8, 4) is 28.0 Å².